The second-order valence-electron chi connectivity index (χ2n) is 2.47. The van der Waals surface area contributed by atoms with Crippen LogP contribution in [0.2, 0.25) is 5.02 Å². The Hall–Kier alpha value is -1.16. The lowest BCUT2D eigenvalue weighted by Crippen LogP contribution is -2.08. The summed E-state index contributed by atoms with van der Waals surface area (Å²) in [5.74, 6) is -2.67. The molecule has 0 amide bonds. The second-order valence-corrected chi connectivity index (χ2v) is 2.88. The lowest BCUT2D eigenvalue weighted by atomic mass is 10.2. The molecule has 0 saturated heterocycles. The van der Waals surface area contributed by atoms with Gasteiger partial charge in [-0.15, -0.1) is 0 Å². The van der Waals surface area contributed by atoms with Crippen molar-refractivity contribution in [3.8, 4) is 0 Å². The summed E-state index contributed by atoms with van der Waals surface area (Å²) in [7, 11) is 0. The molecular formula is C9H7ClF2O2. The molecule has 0 bridgehead atoms. The Morgan fingerprint density at radius 2 is 2.14 bits per heavy atom. The maximum absolute atomic E-state index is 13.2. The van der Waals surface area contributed by atoms with Crippen molar-refractivity contribution in [1.29, 1.82) is 0 Å². The third-order valence-electron chi connectivity index (χ3n) is 1.49. The highest BCUT2D eigenvalue weighted by molar-refractivity contribution is 6.31. The molecule has 0 aliphatic rings. The number of esters is 1. The van der Waals surface area contributed by atoms with Crippen LogP contribution >= 0.6 is 11.6 Å². The number of carbonyl (C=O) groups is 1. The number of ether oxygens (including phenoxy) is 1. The van der Waals surface area contributed by atoms with E-state index >= 15 is 0 Å². The van der Waals surface area contributed by atoms with Crippen LogP contribution in [0.5, 0.6) is 0 Å². The maximum Gasteiger partial charge on any atom is 0.341 e. The second kappa shape index (κ2) is 4.37. The highest BCUT2D eigenvalue weighted by Gasteiger charge is 2.17. The van der Waals surface area contributed by atoms with E-state index in [9.17, 15) is 13.6 Å². The summed E-state index contributed by atoms with van der Waals surface area (Å²) < 4.78 is 30.4. The van der Waals surface area contributed by atoms with E-state index in [2.05, 4.69) is 4.74 Å². The van der Waals surface area contributed by atoms with Gasteiger partial charge in [0.1, 0.15) is 5.82 Å². The molecule has 0 aromatic heterocycles. The molecule has 0 radical (unpaired) electrons. The average Bonchev–Trinajstić information content (AvgIpc) is 2.11. The van der Waals surface area contributed by atoms with E-state index in [0.717, 1.165) is 12.1 Å². The van der Waals surface area contributed by atoms with Gasteiger partial charge in [-0.25, -0.2) is 13.6 Å². The largest absolute Gasteiger partial charge is 0.462 e. The molecule has 1 rings (SSSR count). The highest BCUT2D eigenvalue weighted by Crippen LogP contribution is 2.20. The van der Waals surface area contributed by atoms with Gasteiger partial charge >= 0.3 is 5.97 Å². The summed E-state index contributed by atoms with van der Waals surface area (Å²) >= 11 is 5.34. The van der Waals surface area contributed by atoms with Crippen molar-refractivity contribution < 1.29 is 18.3 Å². The Morgan fingerprint density at radius 1 is 1.50 bits per heavy atom. The zero-order chi connectivity index (χ0) is 10.7. The summed E-state index contributed by atoms with van der Waals surface area (Å²) in [6.45, 7) is 1.66. The summed E-state index contributed by atoms with van der Waals surface area (Å²) in [5, 5.41) is -0.437. The van der Waals surface area contributed by atoms with Crippen molar-refractivity contribution in [2.45, 2.75) is 6.92 Å². The molecule has 1 aromatic rings. The van der Waals surface area contributed by atoms with Crippen molar-refractivity contribution in [3.05, 3.63) is 34.4 Å². The van der Waals surface area contributed by atoms with E-state index in [0.29, 0.717) is 0 Å². The molecule has 0 unspecified atom stereocenters. The van der Waals surface area contributed by atoms with E-state index < -0.39 is 28.2 Å². The van der Waals surface area contributed by atoms with Crippen LogP contribution in [0, 0.1) is 11.6 Å². The summed E-state index contributed by atoms with van der Waals surface area (Å²) in [4.78, 5) is 11.1. The third-order valence-corrected chi connectivity index (χ3v) is 1.76. The maximum atomic E-state index is 13.2. The molecule has 0 saturated carbocycles. The van der Waals surface area contributed by atoms with Crippen molar-refractivity contribution >= 4 is 17.6 Å². The number of hydrogen-bond donors (Lipinski definition) is 0. The standard InChI is InChI=1S/C9H7ClF2O2/c1-2-14-9(13)6-3-5(11)4-7(10)8(6)12/h3-4H,2H2,1H3. The molecule has 0 aliphatic heterocycles. The normalized spacial score (nSPS) is 10.0. The van der Waals surface area contributed by atoms with Crippen molar-refractivity contribution in [2.24, 2.45) is 0 Å². The first-order chi connectivity index (χ1) is 6.56. The monoisotopic (exact) mass is 220 g/mol. The minimum Gasteiger partial charge on any atom is -0.462 e. The topological polar surface area (TPSA) is 26.3 Å². The molecule has 14 heavy (non-hydrogen) atoms. The molecular weight excluding hydrogens is 214 g/mol. The van der Waals surface area contributed by atoms with Gasteiger partial charge in [-0.05, 0) is 19.1 Å². The number of rotatable bonds is 2. The molecule has 1 aromatic carbocycles. The minimum atomic E-state index is -0.966. The first kappa shape index (κ1) is 10.9. The molecule has 0 heterocycles. The molecule has 76 valence electrons. The Morgan fingerprint density at radius 3 is 2.71 bits per heavy atom. The highest BCUT2D eigenvalue weighted by atomic mass is 35.5. The number of benzene rings is 1. The average molecular weight is 221 g/mol. The Kier molecular flexibility index (Phi) is 3.41. The SMILES string of the molecule is CCOC(=O)c1cc(F)cc(Cl)c1F. The van der Waals surface area contributed by atoms with Gasteiger partial charge in [0.05, 0.1) is 17.2 Å². The van der Waals surface area contributed by atoms with Gasteiger partial charge in [0.15, 0.2) is 5.82 Å². The predicted molar refractivity (Wildman–Crippen MR) is 47.3 cm³/mol. The fourth-order valence-corrected chi connectivity index (χ4v) is 1.12. The fraction of sp³-hybridized carbons (Fsp3) is 0.222. The molecule has 0 atom stereocenters. The number of carbonyl (C=O) groups excluding carboxylic acids is 1. The number of halogens is 3. The molecule has 5 heteroatoms. The summed E-state index contributed by atoms with van der Waals surface area (Å²) in [5.41, 5.74) is -0.489. The summed E-state index contributed by atoms with van der Waals surface area (Å²) in [6, 6.07) is 1.54. The van der Waals surface area contributed by atoms with Crippen LogP contribution in [0.4, 0.5) is 8.78 Å². The minimum absolute atomic E-state index is 0.0897. The van der Waals surface area contributed by atoms with Crippen molar-refractivity contribution in [1.82, 2.24) is 0 Å². The zero-order valence-electron chi connectivity index (χ0n) is 7.31. The fourth-order valence-electron chi connectivity index (χ4n) is 0.913. The van der Waals surface area contributed by atoms with E-state index in [1.807, 2.05) is 0 Å². The van der Waals surface area contributed by atoms with Crippen LogP contribution in [0.1, 0.15) is 17.3 Å². The molecule has 0 N–H and O–H groups in total. The van der Waals surface area contributed by atoms with Gasteiger partial charge in [0.2, 0.25) is 0 Å². The quantitative estimate of drug-likeness (QED) is 0.566. The van der Waals surface area contributed by atoms with Crippen molar-refractivity contribution in [3.63, 3.8) is 0 Å². The first-order valence-electron chi connectivity index (χ1n) is 3.88. The van der Waals surface area contributed by atoms with Gasteiger partial charge in [-0.3, -0.25) is 0 Å². The Balaban J connectivity index is 3.13. The first-order valence-corrected chi connectivity index (χ1v) is 4.25. The van der Waals surface area contributed by atoms with Crippen LogP contribution in [-0.2, 0) is 4.74 Å². The third kappa shape index (κ3) is 2.20. The molecule has 0 spiro atoms. The number of hydrogen-bond acceptors (Lipinski definition) is 2. The van der Waals surface area contributed by atoms with Crippen LogP contribution in [0.15, 0.2) is 12.1 Å². The Bertz CT molecular complexity index is 366. The van der Waals surface area contributed by atoms with E-state index in [-0.39, 0.29) is 6.61 Å². The summed E-state index contributed by atoms with van der Waals surface area (Å²) in [6.07, 6.45) is 0. The zero-order valence-corrected chi connectivity index (χ0v) is 8.07. The molecule has 0 aliphatic carbocycles. The van der Waals surface area contributed by atoms with Crippen LogP contribution in [-0.4, -0.2) is 12.6 Å². The van der Waals surface area contributed by atoms with E-state index in [1.54, 1.807) is 6.92 Å². The molecule has 0 fully saturated rings. The molecule has 2 nitrogen and oxygen atoms in total. The van der Waals surface area contributed by atoms with E-state index in [4.69, 9.17) is 11.6 Å². The lowest BCUT2D eigenvalue weighted by Gasteiger charge is -2.04. The van der Waals surface area contributed by atoms with Crippen LogP contribution in [0.25, 0.3) is 0 Å². The Labute approximate surface area is 84.4 Å². The van der Waals surface area contributed by atoms with Gasteiger partial charge < -0.3 is 4.74 Å². The van der Waals surface area contributed by atoms with Gasteiger partial charge in [-0.2, -0.15) is 0 Å². The van der Waals surface area contributed by atoms with Crippen LogP contribution < -0.4 is 0 Å². The smallest absolute Gasteiger partial charge is 0.341 e. The van der Waals surface area contributed by atoms with Gasteiger partial charge in [0.25, 0.3) is 0 Å². The van der Waals surface area contributed by atoms with Crippen molar-refractivity contribution in [2.75, 3.05) is 6.61 Å². The van der Waals surface area contributed by atoms with E-state index in [1.165, 1.54) is 0 Å². The predicted octanol–water partition coefficient (Wildman–Crippen LogP) is 2.79. The van der Waals surface area contributed by atoms with Gasteiger partial charge in [-0.1, -0.05) is 11.6 Å². The van der Waals surface area contributed by atoms with Gasteiger partial charge in [0, 0.05) is 0 Å². The van der Waals surface area contributed by atoms with Crippen LogP contribution in [0.3, 0.4) is 0 Å². The lowest BCUT2D eigenvalue weighted by molar-refractivity contribution is 0.0520.